The monoisotopic (exact) mass is 393 g/mol. The van der Waals surface area contributed by atoms with Crippen molar-refractivity contribution in [2.75, 3.05) is 5.32 Å². The van der Waals surface area contributed by atoms with Gasteiger partial charge in [0.1, 0.15) is 12.4 Å². The Morgan fingerprint density at radius 2 is 1.79 bits per heavy atom. The zero-order valence-corrected chi connectivity index (χ0v) is 15.8. The zero-order valence-electron chi connectivity index (χ0n) is 15.8. The van der Waals surface area contributed by atoms with Gasteiger partial charge in [-0.25, -0.2) is 9.18 Å². The maximum atomic E-state index is 14.5. The molecule has 7 heteroatoms. The van der Waals surface area contributed by atoms with E-state index in [2.05, 4.69) is 15.6 Å². The van der Waals surface area contributed by atoms with Gasteiger partial charge >= 0.3 is 6.09 Å². The number of alkyl carbamates (subject to hydrolysis) is 1. The Balaban J connectivity index is 1.58. The highest BCUT2D eigenvalue weighted by Crippen LogP contribution is 2.19. The molecule has 0 unspecified atom stereocenters. The molecule has 0 aliphatic heterocycles. The highest BCUT2D eigenvalue weighted by atomic mass is 19.1. The molecule has 2 N–H and O–H groups in total. The molecule has 0 saturated heterocycles. The summed E-state index contributed by atoms with van der Waals surface area (Å²) in [5.41, 5.74) is 1.83. The van der Waals surface area contributed by atoms with E-state index in [1.807, 2.05) is 30.3 Å². The van der Waals surface area contributed by atoms with Gasteiger partial charge in [-0.05, 0) is 36.8 Å². The number of ether oxygens (including phenoxy) is 1. The lowest BCUT2D eigenvalue weighted by atomic mass is 10.0. The minimum atomic E-state index is -0.653. The maximum absolute atomic E-state index is 14.5. The van der Waals surface area contributed by atoms with E-state index in [4.69, 9.17) is 4.74 Å². The van der Waals surface area contributed by atoms with Crippen LogP contribution in [0.5, 0.6) is 0 Å². The van der Waals surface area contributed by atoms with Crippen molar-refractivity contribution in [3.8, 4) is 0 Å². The van der Waals surface area contributed by atoms with Crippen molar-refractivity contribution in [2.24, 2.45) is 0 Å². The van der Waals surface area contributed by atoms with Crippen molar-refractivity contribution in [3.05, 3.63) is 95.6 Å². The molecule has 29 heavy (non-hydrogen) atoms. The van der Waals surface area contributed by atoms with Crippen molar-refractivity contribution in [3.63, 3.8) is 0 Å². The molecule has 6 nitrogen and oxygen atoms in total. The summed E-state index contributed by atoms with van der Waals surface area (Å²) in [6.45, 7) is 1.76. The van der Waals surface area contributed by atoms with Crippen molar-refractivity contribution >= 4 is 17.7 Å². The summed E-state index contributed by atoms with van der Waals surface area (Å²) in [6, 6.07) is 16.0. The Kier molecular flexibility index (Phi) is 6.52. The lowest BCUT2D eigenvalue weighted by molar-refractivity contribution is 0.102. The van der Waals surface area contributed by atoms with Crippen LogP contribution in [0.25, 0.3) is 0 Å². The summed E-state index contributed by atoms with van der Waals surface area (Å²) >= 11 is 0. The van der Waals surface area contributed by atoms with E-state index in [0.29, 0.717) is 5.69 Å². The van der Waals surface area contributed by atoms with Crippen LogP contribution in [0.3, 0.4) is 0 Å². The molecule has 0 aliphatic rings. The predicted octanol–water partition coefficient (Wildman–Crippen LogP) is 4.46. The van der Waals surface area contributed by atoms with Gasteiger partial charge in [-0.1, -0.05) is 36.4 Å². The zero-order chi connectivity index (χ0) is 20.6. The van der Waals surface area contributed by atoms with Crippen LogP contribution in [0.4, 0.5) is 14.9 Å². The number of nitrogens with zero attached hydrogens (tertiary/aromatic N) is 1. The molecule has 2 aromatic carbocycles. The topological polar surface area (TPSA) is 80.3 Å². The van der Waals surface area contributed by atoms with Gasteiger partial charge in [0, 0.05) is 29.2 Å². The number of halogens is 1. The standard InChI is InChI=1S/C22H20FN3O3/c1-15(25-22(28)29-14-16-5-3-2-4-6-16)19-8-7-17(13-20(19)23)21(27)26-18-9-11-24-12-10-18/h2-13,15H,14H2,1H3,(H,25,28)(H,24,26,27)/t15-/m1/s1. The summed E-state index contributed by atoms with van der Waals surface area (Å²) in [7, 11) is 0. The van der Waals surface area contributed by atoms with E-state index in [9.17, 15) is 14.0 Å². The first-order valence-electron chi connectivity index (χ1n) is 9.01. The van der Waals surface area contributed by atoms with Gasteiger partial charge < -0.3 is 15.4 Å². The van der Waals surface area contributed by atoms with Crippen LogP contribution >= 0.6 is 0 Å². The summed E-state index contributed by atoms with van der Waals surface area (Å²) in [4.78, 5) is 28.1. The van der Waals surface area contributed by atoms with Gasteiger partial charge in [0.2, 0.25) is 0 Å². The number of hydrogen-bond acceptors (Lipinski definition) is 4. The molecule has 3 rings (SSSR count). The number of hydrogen-bond donors (Lipinski definition) is 2. The number of benzene rings is 2. The molecule has 148 valence electrons. The summed E-state index contributed by atoms with van der Waals surface area (Å²) in [6.07, 6.45) is 2.44. The number of rotatable bonds is 6. The largest absolute Gasteiger partial charge is 0.445 e. The van der Waals surface area contributed by atoms with E-state index < -0.39 is 23.9 Å². The average Bonchev–Trinajstić information content (AvgIpc) is 2.73. The van der Waals surface area contributed by atoms with E-state index in [0.717, 1.165) is 11.6 Å². The first kappa shape index (κ1) is 20.0. The third kappa shape index (κ3) is 5.62. The van der Waals surface area contributed by atoms with Gasteiger partial charge in [0.25, 0.3) is 5.91 Å². The van der Waals surface area contributed by atoms with Gasteiger partial charge in [-0.2, -0.15) is 0 Å². The van der Waals surface area contributed by atoms with Crippen molar-refractivity contribution in [1.29, 1.82) is 0 Å². The minimum absolute atomic E-state index is 0.121. The van der Waals surface area contributed by atoms with Crippen LogP contribution < -0.4 is 10.6 Å². The van der Waals surface area contributed by atoms with Crippen LogP contribution in [0, 0.1) is 5.82 Å². The van der Waals surface area contributed by atoms with Crippen molar-refractivity contribution in [1.82, 2.24) is 10.3 Å². The van der Waals surface area contributed by atoms with Crippen molar-refractivity contribution in [2.45, 2.75) is 19.6 Å². The molecule has 1 atom stereocenters. The van der Waals surface area contributed by atoms with E-state index >= 15 is 0 Å². The molecule has 0 saturated carbocycles. The fourth-order valence-corrected chi connectivity index (χ4v) is 2.68. The second kappa shape index (κ2) is 9.45. The smallest absolute Gasteiger partial charge is 0.407 e. The first-order chi connectivity index (χ1) is 14.0. The van der Waals surface area contributed by atoms with Gasteiger partial charge in [0.15, 0.2) is 0 Å². The SMILES string of the molecule is C[C@@H](NC(=O)OCc1ccccc1)c1ccc(C(=O)Nc2ccncc2)cc1F. The average molecular weight is 393 g/mol. The van der Waals surface area contributed by atoms with Gasteiger partial charge in [-0.3, -0.25) is 9.78 Å². The Labute approximate surface area is 167 Å². The second-order valence-corrected chi connectivity index (χ2v) is 6.35. The van der Waals surface area contributed by atoms with Crippen LogP contribution in [0.1, 0.15) is 34.5 Å². The molecule has 1 aromatic heterocycles. The fourth-order valence-electron chi connectivity index (χ4n) is 2.68. The third-order valence-electron chi connectivity index (χ3n) is 4.21. The van der Waals surface area contributed by atoms with Crippen LogP contribution in [-0.2, 0) is 11.3 Å². The number of aromatic nitrogens is 1. The van der Waals surface area contributed by atoms with Crippen LogP contribution in [0.2, 0.25) is 0 Å². The van der Waals surface area contributed by atoms with Crippen molar-refractivity contribution < 1.29 is 18.7 Å². The normalized spacial score (nSPS) is 11.4. The molecule has 1 heterocycles. The highest BCUT2D eigenvalue weighted by molar-refractivity contribution is 6.04. The highest BCUT2D eigenvalue weighted by Gasteiger charge is 2.17. The third-order valence-corrected chi connectivity index (χ3v) is 4.21. The molecule has 2 amide bonds. The fraction of sp³-hybridized carbons (Fsp3) is 0.136. The van der Waals surface area contributed by atoms with Gasteiger partial charge in [-0.15, -0.1) is 0 Å². The molecule has 3 aromatic rings. The summed E-state index contributed by atoms with van der Waals surface area (Å²) < 4.78 is 19.7. The Morgan fingerprint density at radius 1 is 1.07 bits per heavy atom. The Hall–Kier alpha value is -3.74. The number of carbonyl (C=O) groups excluding carboxylic acids is 2. The molecule has 0 bridgehead atoms. The molecule has 0 radical (unpaired) electrons. The predicted molar refractivity (Wildman–Crippen MR) is 107 cm³/mol. The lowest BCUT2D eigenvalue weighted by Gasteiger charge is -2.16. The number of nitrogens with one attached hydrogen (secondary N) is 2. The van der Waals surface area contributed by atoms with Gasteiger partial charge in [0.05, 0.1) is 6.04 Å². The number of amides is 2. The Bertz CT molecular complexity index is 981. The molecule has 0 fully saturated rings. The maximum Gasteiger partial charge on any atom is 0.407 e. The number of pyridine rings is 1. The van der Waals surface area contributed by atoms with Crippen LogP contribution in [-0.4, -0.2) is 17.0 Å². The minimum Gasteiger partial charge on any atom is -0.445 e. The molecular weight excluding hydrogens is 373 g/mol. The van der Waals surface area contributed by atoms with Crippen LogP contribution in [0.15, 0.2) is 73.1 Å². The Morgan fingerprint density at radius 3 is 2.48 bits per heavy atom. The molecular formula is C22H20FN3O3. The van der Waals surface area contributed by atoms with E-state index in [-0.39, 0.29) is 17.7 Å². The lowest BCUT2D eigenvalue weighted by Crippen LogP contribution is -2.28. The summed E-state index contributed by atoms with van der Waals surface area (Å²) in [5.74, 6) is -1.03. The first-order valence-corrected chi connectivity index (χ1v) is 9.01. The van der Waals surface area contributed by atoms with E-state index in [1.54, 1.807) is 31.5 Å². The number of carbonyl (C=O) groups is 2. The quantitative estimate of drug-likeness (QED) is 0.648. The number of anilines is 1. The van der Waals surface area contributed by atoms with E-state index in [1.165, 1.54) is 12.1 Å². The molecule has 0 aliphatic carbocycles. The molecule has 0 spiro atoms. The second-order valence-electron chi connectivity index (χ2n) is 6.35. The summed E-state index contributed by atoms with van der Waals surface area (Å²) in [5, 5.41) is 5.25.